The van der Waals surface area contributed by atoms with Crippen LogP contribution in [-0.2, 0) is 14.8 Å². The third-order valence-electron chi connectivity index (χ3n) is 5.61. The Morgan fingerprint density at radius 2 is 1.75 bits per heavy atom. The summed E-state index contributed by atoms with van der Waals surface area (Å²) in [5, 5.41) is 13.2. The number of pyridine rings is 1. The zero-order chi connectivity index (χ0) is 22.6. The molecule has 4 N–H and O–H groups in total. The molecule has 2 aromatic carbocycles. The Labute approximate surface area is 187 Å². The lowest BCUT2D eigenvalue weighted by atomic mass is 10.0. The van der Waals surface area contributed by atoms with Crippen molar-refractivity contribution in [3.8, 4) is 11.3 Å². The van der Waals surface area contributed by atoms with Gasteiger partial charge in [0, 0.05) is 10.9 Å². The van der Waals surface area contributed by atoms with Crippen LogP contribution in [0.2, 0.25) is 0 Å². The fourth-order valence-corrected chi connectivity index (χ4v) is 5.67. The molecule has 1 aromatic heterocycles. The van der Waals surface area contributed by atoms with Gasteiger partial charge in [-0.15, -0.1) is 0 Å². The number of guanidine groups is 1. The Hall–Kier alpha value is -3.46. The van der Waals surface area contributed by atoms with Gasteiger partial charge in [0.15, 0.2) is 5.96 Å². The van der Waals surface area contributed by atoms with Crippen LogP contribution in [-0.4, -0.2) is 31.0 Å². The van der Waals surface area contributed by atoms with Gasteiger partial charge in [0.25, 0.3) is 0 Å². The van der Waals surface area contributed by atoms with Crippen LogP contribution in [0.25, 0.3) is 22.2 Å². The third kappa shape index (κ3) is 4.72. The number of hydrogen-bond donors (Lipinski definition) is 4. The zero-order valence-corrected chi connectivity index (χ0v) is 18.3. The van der Waals surface area contributed by atoms with Crippen LogP contribution in [0.3, 0.4) is 0 Å². The van der Waals surface area contributed by atoms with Crippen molar-refractivity contribution in [3.63, 3.8) is 0 Å². The van der Waals surface area contributed by atoms with Gasteiger partial charge in [-0.3, -0.25) is 20.2 Å². The van der Waals surface area contributed by atoms with Crippen LogP contribution in [0.1, 0.15) is 32.1 Å². The Balaban J connectivity index is 1.81. The topological polar surface area (TPSA) is 124 Å². The quantitative estimate of drug-likeness (QED) is 0.255. The molecule has 1 amide bonds. The average molecular weight is 452 g/mol. The van der Waals surface area contributed by atoms with E-state index in [2.05, 4.69) is 15.4 Å². The molecule has 0 aliphatic heterocycles. The summed E-state index contributed by atoms with van der Waals surface area (Å²) in [5.74, 6) is -0.226. The van der Waals surface area contributed by atoms with Crippen LogP contribution in [0.4, 0.5) is 11.4 Å². The molecular weight excluding hydrogens is 426 g/mol. The number of fused-ring (bicyclic) bond motifs is 1. The number of aromatic nitrogens is 1. The van der Waals surface area contributed by atoms with E-state index in [4.69, 9.17) is 10.4 Å². The van der Waals surface area contributed by atoms with E-state index in [9.17, 15) is 13.2 Å². The van der Waals surface area contributed by atoms with Gasteiger partial charge in [-0.25, -0.2) is 13.4 Å². The first-order valence-electron chi connectivity index (χ1n) is 10.5. The first kappa shape index (κ1) is 21.8. The standard InChI is InChI=1S/C23H25N5O3S/c24-23(25-15-29)27-21-14-20(16-8-3-1-4-9-16)26-18-12-7-13-19(22(18)21)28-32(30,31)17-10-5-2-6-11-17/h1,3-4,7-9,12-15,17,28H,2,5-6,10-11H2,(H3,24,25,26,27,29). The van der Waals surface area contributed by atoms with E-state index < -0.39 is 15.3 Å². The second-order valence-corrected chi connectivity index (χ2v) is 9.75. The smallest absolute Gasteiger partial charge is 0.235 e. The molecule has 9 heteroatoms. The summed E-state index contributed by atoms with van der Waals surface area (Å²) < 4.78 is 28.9. The van der Waals surface area contributed by atoms with Gasteiger partial charge in [-0.1, -0.05) is 55.7 Å². The largest absolute Gasteiger partial charge is 0.325 e. The number of amides is 1. The molecule has 166 valence electrons. The molecule has 0 spiro atoms. The Morgan fingerprint density at radius 1 is 1.00 bits per heavy atom. The lowest BCUT2D eigenvalue weighted by molar-refractivity contribution is -0.108. The molecule has 0 saturated heterocycles. The molecule has 0 atom stereocenters. The Kier molecular flexibility index (Phi) is 6.36. The van der Waals surface area contributed by atoms with Gasteiger partial charge >= 0.3 is 0 Å². The number of hydrogen-bond acceptors (Lipinski definition) is 5. The van der Waals surface area contributed by atoms with E-state index in [1.165, 1.54) is 0 Å². The van der Waals surface area contributed by atoms with Crippen LogP contribution in [0.15, 0.2) is 54.6 Å². The maximum atomic E-state index is 13.1. The lowest BCUT2D eigenvalue weighted by Gasteiger charge is -2.23. The summed E-state index contributed by atoms with van der Waals surface area (Å²) in [6, 6.07) is 16.5. The Morgan fingerprint density at radius 3 is 2.47 bits per heavy atom. The molecular formula is C23H25N5O3S. The number of nitrogens with zero attached hydrogens (tertiary/aromatic N) is 1. The minimum absolute atomic E-state index is 0.226. The summed E-state index contributed by atoms with van der Waals surface area (Å²) in [6.45, 7) is 0. The number of nitrogens with one attached hydrogen (secondary N) is 4. The minimum Gasteiger partial charge on any atom is -0.325 e. The second-order valence-electron chi connectivity index (χ2n) is 7.79. The van der Waals surface area contributed by atoms with Crippen molar-refractivity contribution < 1.29 is 13.2 Å². The zero-order valence-electron chi connectivity index (χ0n) is 17.5. The number of anilines is 2. The molecule has 0 radical (unpaired) electrons. The van der Waals surface area contributed by atoms with E-state index in [1.54, 1.807) is 24.3 Å². The monoisotopic (exact) mass is 451 g/mol. The SMILES string of the molecule is N=C(NC=O)Nc1cc(-c2ccccc2)nc2cccc(NS(=O)(=O)C3CCCCC3)c12. The molecule has 32 heavy (non-hydrogen) atoms. The summed E-state index contributed by atoms with van der Waals surface area (Å²) in [6.07, 6.45) is 4.58. The van der Waals surface area contributed by atoms with Gasteiger partial charge in [-0.05, 0) is 31.0 Å². The molecule has 1 aliphatic carbocycles. The van der Waals surface area contributed by atoms with E-state index >= 15 is 0 Å². The number of carbonyl (C=O) groups excluding carboxylic acids is 1. The van der Waals surface area contributed by atoms with Crippen LogP contribution < -0.4 is 15.4 Å². The molecule has 4 rings (SSSR count). The third-order valence-corrected chi connectivity index (χ3v) is 7.46. The maximum absolute atomic E-state index is 13.1. The van der Waals surface area contributed by atoms with Crippen molar-refractivity contribution in [2.75, 3.05) is 10.0 Å². The van der Waals surface area contributed by atoms with Crippen molar-refractivity contribution in [1.82, 2.24) is 10.3 Å². The maximum Gasteiger partial charge on any atom is 0.235 e. The van der Waals surface area contributed by atoms with Crippen molar-refractivity contribution in [2.24, 2.45) is 0 Å². The molecule has 1 fully saturated rings. The van der Waals surface area contributed by atoms with Gasteiger partial charge in [0.1, 0.15) is 0 Å². The fourth-order valence-electron chi connectivity index (χ4n) is 4.07. The highest BCUT2D eigenvalue weighted by molar-refractivity contribution is 7.93. The molecule has 0 unspecified atom stereocenters. The van der Waals surface area contributed by atoms with E-state index in [1.807, 2.05) is 30.3 Å². The minimum atomic E-state index is -3.58. The van der Waals surface area contributed by atoms with Crippen molar-refractivity contribution in [2.45, 2.75) is 37.4 Å². The van der Waals surface area contributed by atoms with Gasteiger partial charge in [0.05, 0.1) is 27.8 Å². The normalized spacial score (nSPS) is 14.6. The van der Waals surface area contributed by atoms with E-state index in [0.29, 0.717) is 47.2 Å². The molecule has 0 bridgehead atoms. The van der Waals surface area contributed by atoms with Crippen molar-refractivity contribution in [1.29, 1.82) is 5.41 Å². The molecule has 3 aromatic rings. The number of benzene rings is 2. The Bertz CT molecular complexity index is 1240. The fraction of sp³-hybridized carbons (Fsp3) is 0.261. The lowest BCUT2D eigenvalue weighted by Crippen LogP contribution is -2.30. The number of carbonyl (C=O) groups is 1. The summed E-state index contributed by atoms with van der Waals surface area (Å²) in [4.78, 5) is 15.5. The highest BCUT2D eigenvalue weighted by atomic mass is 32.2. The van der Waals surface area contributed by atoms with Gasteiger partial charge in [-0.2, -0.15) is 0 Å². The van der Waals surface area contributed by atoms with Crippen LogP contribution in [0.5, 0.6) is 0 Å². The predicted octanol–water partition coefficient (Wildman–Crippen LogP) is 4.07. The number of rotatable bonds is 6. The highest BCUT2D eigenvalue weighted by Gasteiger charge is 2.28. The average Bonchev–Trinajstić information content (AvgIpc) is 2.80. The van der Waals surface area contributed by atoms with E-state index in [0.717, 1.165) is 24.8 Å². The summed E-state index contributed by atoms with van der Waals surface area (Å²) >= 11 is 0. The molecule has 1 aliphatic rings. The summed E-state index contributed by atoms with van der Waals surface area (Å²) in [7, 11) is -3.58. The predicted molar refractivity (Wildman–Crippen MR) is 127 cm³/mol. The van der Waals surface area contributed by atoms with Crippen LogP contribution >= 0.6 is 0 Å². The van der Waals surface area contributed by atoms with E-state index in [-0.39, 0.29) is 5.96 Å². The molecule has 8 nitrogen and oxygen atoms in total. The van der Waals surface area contributed by atoms with Crippen molar-refractivity contribution in [3.05, 3.63) is 54.6 Å². The van der Waals surface area contributed by atoms with Gasteiger partial charge < -0.3 is 5.32 Å². The second kappa shape index (κ2) is 9.35. The molecule has 1 saturated carbocycles. The number of sulfonamides is 1. The highest BCUT2D eigenvalue weighted by Crippen LogP contribution is 2.35. The molecule has 1 heterocycles. The van der Waals surface area contributed by atoms with Crippen molar-refractivity contribution >= 4 is 44.7 Å². The first-order chi connectivity index (χ1) is 15.5. The first-order valence-corrected chi connectivity index (χ1v) is 12.1. The van der Waals surface area contributed by atoms with Crippen LogP contribution in [0, 0.1) is 5.41 Å². The van der Waals surface area contributed by atoms with Gasteiger partial charge in [0.2, 0.25) is 16.4 Å². The summed E-state index contributed by atoms with van der Waals surface area (Å²) in [5.41, 5.74) is 2.96.